The molecule has 1 amide bonds. The molecule has 20 heavy (non-hydrogen) atoms. The molecule has 3 nitrogen and oxygen atoms in total. The van der Waals surface area contributed by atoms with Gasteiger partial charge in [-0.2, -0.15) is 0 Å². The van der Waals surface area contributed by atoms with E-state index in [0.29, 0.717) is 12.3 Å². The molecule has 0 aliphatic carbocycles. The maximum Gasteiger partial charge on any atom is 0.231 e. The van der Waals surface area contributed by atoms with Crippen LogP contribution >= 0.6 is 11.3 Å². The van der Waals surface area contributed by atoms with E-state index in [2.05, 4.69) is 25.1 Å². The highest BCUT2D eigenvalue weighted by atomic mass is 32.1. The minimum atomic E-state index is -0.273. The van der Waals surface area contributed by atoms with Crippen LogP contribution in [0.5, 0.6) is 0 Å². The third-order valence-corrected chi connectivity index (χ3v) is 5.98. The van der Waals surface area contributed by atoms with Crippen molar-refractivity contribution in [2.24, 2.45) is 5.92 Å². The number of amidine groups is 1. The first-order valence-electron chi connectivity index (χ1n) is 6.77. The Morgan fingerprint density at radius 2 is 2.10 bits per heavy atom. The SMILES string of the molecule is C[C@H]1C(=O)N(C)C(=N)C[C@]1(C)c1cc2ccccc2s1. The zero-order chi connectivity index (χ0) is 14.5. The van der Waals surface area contributed by atoms with Crippen molar-refractivity contribution in [3.8, 4) is 0 Å². The van der Waals surface area contributed by atoms with E-state index in [1.54, 1.807) is 18.4 Å². The molecule has 3 rings (SSSR count). The maximum absolute atomic E-state index is 12.3. The summed E-state index contributed by atoms with van der Waals surface area (Å²) in [6.07, 6.45) is 0.614. The van der Waals surface area contributed by atoms with E-state index in [1.807, 2.05) is 19.1 Å². The number of thiophene rings is 1. The molecular formula is C16H18N2OS. The normalized spacial score (nSPS) is 27.4. The summed E-state index contributed by atoms with van der Waals surface area (Å²) in [6, 6.07) is 10.5. The van der Waals surface area contributed by atoms with Gasteiger partial charge in [0.2, 0.25) is 5.91 Å². The number of benzene rings is 1. The summed E-state index contributed by atoms with van der Waals surface area (Å²) in [7, 11) is 1.70. The van der Waals surface area contributed by atoms with Crippen LogP contribution in [0.15, 0.2) is 30.3 Å². The number of nitrogens with one attached hydrogen (secondary N) is 1. The lowest BCUT2D eigenvalue weighted by Gasteiger charge is -2.42. The molecule has 0 spiro atoms. The van der Waals surface area contributed by atoms with Gasteiger partial charge in [0.15, 0.2) is 0 Å². The van der Waals surface area contributed by atoms with Gasteiger partial charge in [-0.1, -0.05) is 32.0 Å². The van der Waals surface area contributed by atoms with E-state index in [1.165, 1.54) is 19.9 Å². The molecule has 1 aromatic carbocycles. The highest BCUT2D eigenvalue weighted by Crippen LogP contribution is 2.44. The van der Waals surface area contributed by atoms with Gasteiger partial charge in [-0.25, -0.2) is 0 Å². The summed E-state index contributed by atoms with van der Waals surface area (Å²) < 4.78 is 1.24. The molecule has 4 heteroatoms. The van der Waals surface area contributed by atoms with Crippen LogP contribution in [0.4, 0.5) is 0 Å². The average Bonchev–Trinajstić information content (AvgIpc) is 2.87. The molecule has 0 saturated carbocycles. The second-order valence-electron chi connectivity index (χ2n) is 5.81. The number of fused-ring (bicyclic) bond motifs is 1. The van der Waals surface area contributed by atoms with Crippen molar-refractivity contribution in [3.63, 3.8) is 0 Å². The highest BCUT2D eigenvalue weighted by Gasteiger charge is 2.45. The summed E-state index contributed by atoms with van der Waals surface area (Å²) in [4.78, 5) is 15.0. The maximum atomic E-state index is 12.3. The van der Waals surface area contributed by atoms with Gasteiger partial charge >= 0.3 is 0 Å². The molecule has 0 unspecified atom stereocenters. The van der Waals surface area contributed by atoms with Gasteiger partial charge in [0.1, 0.15) is 5.84 Å². The Morgan fingerprint density at radius 3 is 2.80 bits per heavy atom. The fourth-order valence-electron chi connectivity index (χ4n) is 2.88. The van der Waals surface area contributed by atoms with Crippen LogP contribution in [0, 0.1) is 11.3 Å². The Labute approximate surface area is 122 Å². The minimum absolute atomic E-state index is 0.0428. The third kappa shape index (κ3) is 1.79. The monoisotopic (exact) mass is 286 g/mol. The van der Waals surface area contributed by atoms with E-state index < -0.39 is 0 Å². The largest absolute Gasteiger partial charge is 0.304 e. The zero-order valence-electron chi connectivity index (χ0n) is 11.9. The Balaban J connectivity index is 2.11. The van der Waals surface area contributed by atoms with Crippen LogP contribution < -0.4 is 0 Å². The number of piperidine rings is 1. The van der Waals surface area contributed by atoms with Gasteiger partial charge in [0, 0.05) is 34.4 Å². The number of carbonyl (C=O) groups is 1. The van der Waals surface area contributed by atoms with Crippen molar-refractivity contribution in [3.05, 3.63) is 35.2 Å². The van der Waals surface area contributed by atoms with Crippen LogP contribution in [0.2, 0.25) is 0 Å². The number of amides is 1. The number of hydrogen-bond acceptors (Lipinski definition) is 3. The first-order valence-corrected chi connectivity index (χ1v) is 7.59. The van der Waals surface area contributed by atoms with Crippen molar-refractivity contribution in [2.45, 2.75) is 25.7 Å². The molecule has 1 aliphatic rings. The van der Waals surface area contributed by atoms with E-state index >= 15 is 0 Å². The fraction of sp³-hybridized carbons (Fsp3) is 0.375. The van der Waals surface area contributed by atoms with Crippen LogP contribution in [0.1, 0.15) is 25.1 Å². The topological polar surface area (TPSA) is 44.2 Å². The van der Waals surface area contributed by atoms with Crippen LogP contribution in [-0.4, -0.2) is 23.7 Å². The Kier molecular flexibility index (Phi) is 2.94. The van der Waals surface area contributed by atoms with Crippen LogP contribution in [-0.2, 0) is 10.2 Å². The van der Waals surface area contributed by atoms with Gasteiger partial charge in [0.25, 0.3) is 0 Å². The summed E-state index contributed by atoms with van der Waals surface area (Å²) in [5, 5.41) is 9.29. The second kappa shape index (κ2) is 4.42. The summed E-state index contributed by atoms with van der Waals surface area (Å²) in [5.74, 6) is 0.351. The Hall–Kier alpha value is -1.68. The lowest BCUT2D eigenvalue weighted by Crippen LogP contribution is -2.52. The van der Waals surface area contributed by atoms with Crippen LogP contribution in [0.25, 0.3) is 10.1 Å². The lowest BCUT2D eigenvalue weighted by molar-refractivity contribution is -0.133. The molecular weight excluding hydrogens is 268 g/mol. The van der Waals surface area contributed by atoms with E-state index in [4.69, 9.17) is 5.41 Å². The number of hydrogen-bond donors (Lipinski definition) is 1. The predicted octanol–water partition coefficient (Wildman–Crippen LogP) is 3.63. The summed E-state index contributed by atoms with van der Waals surface area (Å²) in [5.41, 5.74) is -0.273. The minimum Gasteiger partial charge on any atom is -0.304 e. The molecule has 2 heterocycles. The van der Waals surface area contributed by atoms with Crippen LogP contribution in [0.3, 0.4) is 0 Å². The fourth-order valence-corrected chi connectivity index (χ4v) is 4.18. The number of nitrogens with zero attached hydrogens (tertiary/aromatic N) is 1. The quantitative estimate of drug-likeness (QED) is 0.854. The standard InChI is InChI=1S/C16H18N2OS/c1-10-15(19)18(3)14(17)9-16(10,2)13-8-11-6-4-5-7-12(11)20-13/h4-8,10,17H,9H2,1-3H3/t10-,16-/m0/s1. The van der Waals surface area contributed by atoms with Gasteiger partial charge < -0.3 is 4.90 Å². The number of rotatable bonds is 1. The van der Waals surface area contributed by atoms with Gasteiger partial charge in [-0.05, 0) is 17.5 Å². The second-order valence-corrected chi connectivity index (χ2v) is 6.89. The highest BCUT2D eigenvalue weighted by molar-refractivity contribution is 7.19. The van der Waals surface area contributed by atoms with E-state index in [9.17, 15) is 4.79 Å². The number of carbonyl (C=O) groups excluding carboxylic acids is 1. The van der Waals surface area contributed by atoms with Crippen molar-refractivity contribution in [1.29, 1.82) is 5.41 Å². The van der Waals surface area contributed by atoms with Crippen molar-refractivity contribution >= 4 is 33.2 Å². The first kappa shape index (κ1) is 13.3. The molecule has 1 saturated heterocycles. The van der Waals surface area contributed by atoms with Crippen molar-refractivity contribution in [2.75, 3.05) is 7.05 Å². The summed E-state index contributed by atoms with van der Waals surface area (Å²) >= 11 is 1.74. The molecule has 1 aliphatic heterocycles. The molecule has 0 bridgehead atoms. The van der Waals surface area contributed by atoms with E-state index in [-0.39, 0.29) is 17.2 Å². The number of likely N-dealkylation sites (tertiary alicyclic amines) is 1. The molecule has 0 radical (unpaired) electrons. The predicted molar refractivity (Wildman–Crippen MR) is 83.5 cm³/mol. The van der Waals surface area contributed by atoms with E-state index in [0.717, 1.165) is 0 Å². The summed E-state index contributed by atoms with van der Waals surface area (Å²) in [6.45, 7) is 4.09. The zero-order valence-corrected chi connectivity index (χ0v) is 12.8. The molecule has 1 fully saturated rings. The average molecular weight is 286 g/mol. The van der Waals surface area contributed by atoms with Gasteiger partial charge in [-0.3, -0.25) is 10.2 Å². The smallest absolute Gasteiger partial charge is 0.231 e. The third-order valence-electron chi connectivity index (χ3n) is 4.58. The lowest BCUT2D eigenvalue weighted by atomic mass is 9.70. The molecule has 104 valence electrons. The molecule has 2 aromatic rings. The molecule has 1 aromatic heterocycles. The Morgan fingerprint density at radius 1 is 1.40 bits per heavy atom. The first-order chi connectivity index (χ1) is 9.43. The van der Waals surface area contributed by atoms with Gasteiger partial charge in [0.05, 0.1) is 0 Å². The van der Waals surface area contributed by atoms with Crippen molar-refractivity contribution < 1.29 is 4.79 Å². The van der Waals surface area contributed by atoms with Crippen molar-refractivity contribution in [1.82, 2.24) is 4.90 Å². The van der Waals surface area contributed by atoms with Gasteiger partial charge in [-0.15, -0.1) is 11.3 Å². The molecule has 2 atom stereocenters. The molecule has 1 N–H and O–H groups in total. The Bertz CT molecular complexity index is 672.